The smallest absolute Gasteiger partial charge is 0.119 e. The Hall–Kier alpha value is -2.74. The van der Waals surface area contributed by atoms with Crippen LogP contribution in [-0.2, 0) is 0 Å². The fourth-order valence-electron chi connectivity index (χ4n) is 2.15. The number of hydrogen-bond acceptors (Lipinski definition) is 2. The van der Waals surface area contributed by atoms with Gasteiger partial charge in [0.2, 0.25) is 0 Å². The molecule has 2 rings (SSSR count). The van der Waals surface area contributed by atoms with Gasteiger partial charge in [-0.25, -0.2) is 0 Å². The summed E-state index contributed by atoms with van der Waals surface area (Å²) in [5, 5.41) is 0. The van der Waals surface area contributed by atoms with E-state index in [-0.39, 0.29) is 0 Å². The van der Waals surface area contributed by atoms with Gasteiger partial charge in [-0.05, 0) is 75.2 Å². The standard InChI is InChI=1S/C24H28O2/c1-19(2)15-17-25-23-11-7-21(8-12-23)5-6-22-9-13-24(14-10-22)26-18-16-20(3)4/h5-16H,17-18H2,1-4H3/b6-5+. The molecule has 0 aliphatic heterocycles. The van der Waals surface area contributed by atoms with E-state index in [0.29, 0.717) is 13.2 Å². The normalized spacial score (nSPS) is 10.5. The Balaban J connectivity index is 1.88. The summed E-state index contributed by atoms with van der Waals surface area (Å²) in [6.45, 7) is 9.50. The van der Waals surface area contributed by atoms with Gasteiger partial charge in [0.05, 0.1) is 0 Å². The third-order valence-corrected chi connectivity index (χ3v) is 3.71. The Labute approximate surface area is 157 Å². The molecule has 2 heteroatoms. The van der Waals surface area contributed by atoms with Crippen molar-refractivity contribution in [2.45, 2.75) is 27.7 Å². The van der Waals surface area contributed by atoms with Crippen molar-refractivity contribution in [2.24, 2.45) is 0 Å². The number of rotatable bonds is 8. The molecule has 0 radical (unpaired) electrons. The largest absolute Gasteiger partial charge is 0.490 e. The molecule has 0 aromatic heterocycles. The summed E-state index contributed by atoms with van der Waals surface area (Å²) < 4.78 is 11.4. The summed E-state index contributed by atoms with van der Waals surface area (Å²) in [4.78, 5) is 0. The molecule has 0 amide bonds. The quantitative estimate of drug-likeness (QED) is 0.398. The maximum absolute atomic E-state index is 5.68. The maximum atomic E-state index is 5.68. The third kappa shape index (κ3) is 7.43. The number of hydrogen-bond donors (Lipinski definition) is 0. The molecule has 2 aromatic carbocycles. The van der Waals surface area contributed by atoms with Gasteiger partial charge in [-0.2, -0.15) is 0 Å². The Kier molecular flexibility index (Phi) is 7.75. The molecule has 2 nitrogen and oxygen atoms in total. The molecule has 0 aliphatic rings. The Bertz CT molecular complexity index is 687. The number of allylic oxidation sites excluding steroid dienone is 2. The first-order valence-corrected chi connectivity index (χ1v) is 8.93. The van der Waals surface area contributed by atoms with Crippen molar-refractivity contribution in [3.8, 4) is 11.5 Å². The van der Waals surface area contributed by atoms with E-state index in [4.69, 9.17) is 9.47 Å². The van der Waals surface area contributed by atoms with Crippen LogP contribution in [0.25, 0.3) is 12.2 Å². The molecule has 0 aliphatic carbocycles. The summed E-state index contributed by atoms with van der Waals surface area (Å²) in [6, 6.07) is 16.2. The highest BCUT2D eigenvalue weighted by Gasteiger charge is 1.95. The highest BCUT2D eigenvalue weighted by atomic mass is 16.5. The van der Waals surface area contributed by atoms with Crippen LogP contribution in [0.15, 0.2) is 71.8 Å². The van der Waals surface area contributed by atoms with E-state index < -0.39 is 0 Å². The van der Waals surface area contributed by atoms with E-state index in [2.05, 4.69) is 76.3 Å². The predicted molar refractivity (Wildman–Crippen MR) is 112 cm³/mol. The van der Waals surface area contributed by atoms with Gasteiger partial charge in [0, 0.05) is 0 Å². The molecule has 0 atom stereocenters. The van der Waals surface area contributed by atoms with Crippen LogP contribution in [0.3, 0.4) is 0 Å². The minimum Gasteiger partial charge on any atom is -0.490 e. The van der Waals surface area contributed by atoms with Crippen LogP contribution in [0.4, 0.5) is 0 Å². The molecule has 0 heterocycles. The van der Waals surface area contributed by atoms with Gasteiger partial charge in [-0.3, -0.25) is 0 Å². The molecule has 0 bridgehead atoms. The Morgan fingerprint density at radius 2 is 0.962 bits per heavy atom. The van der Waals surface area contributed by atoms with E-state index >= 15 is 0 Å². The highest BCUT2D eigenvalue weighted by molar-refractivity contribution is 5.70. The van der Waals surface area contributed by atoms with Crippen molar-refractivity contribution >= 4 is 12.2 Å². The van der Waals surface area contributed by atoms with Crippen molar-refractivity contribution in [2.75, 3.05) is 13.2 Å². The Morgan fingerprint density at radius 1 is 0.615 bits per heavy atom. The zero-order valence-electron chi connectivity index (χ0n) is 16.2. The molecule has 2 aromatic rings. The van der Waals surface area contributed by atoms with Gasteiger partial charge in [0.15, 0.2) is 0 Å². The monoisotopic (exact) mass is 348 g/mol. The maximum Gasteiger partial charge on any atom is 0.119 e. The second kappa shape index (κ2) is 10.3. The molecule has 136 valence electrons. The summed E-state index contributed by atoms with van der Waals surface area (Å²) in [7, 11) is 0. The zero-order chi connectivity index (χ0) is 18.8. The zero-order valence-corrected chi connectivity index (χ0v) is 16.2. The summed E-state index contributed by atoms with van der Waals surface area (Å²) >= 11 is 0. The van der Waals surface area contributed by atoms with E-state index in [1.807, 2.05) is 24.3 Å². The second-order valence-electron chi connectivity index (χ2n) is 6.66. The van der Waals surface area contributed by atoms with Crippen LogP contribution in [0.2, 0.25) is 0 Å². The van der Waals surface area contributed by atoms with Crippen LogP contribution in [-0.4, -0.2) is 13.2 Å². The van der Waals surface area contributed by atoms with Crippen molar-refractivity contribution in [3.05, 3.63) is 83.0 Å². The summed E-state index contributed by atoms with van der Waals surface area (Å²) in [6.07, 6.45) is 8.33. The lowest BCUT2D eigenvalue weighted by molar-refractivity contribution is 0.362. The van der Waals surface area contributed by atoms with Gasteiger partial charge in [0.25, 0.3) is 0 Å². The molecule has 0 N–H and O–H groups in total. The molecule has 0 spiro atoms. The van der Waals surface area contributed by atoms with Crippen molar-refractivity contribution in [1.29, 1.82) is 0 Å². The molecular weight excluding hydrogens is 320 g/mol. The topological polar surface area (TPSA) is 18.5 Å². The highest BCUT2D eigenvalue weighted by Crippen LogP contribution is 2.17. The minimum atomic E-state index is 0.611. The lowest BCUT2D eigenvalue weighted by Crippen LogP contribution is -1.93. The van der Waals surface area contributed by atoms with Crippen LogP contribution in [0.1, 0.15) is 38.8 Å². The molecule has 0 saturated heterocycles. The number of benzene rings is 2. The lowest BCUT2D eigenvalue weighted by atomic mass is 10.1. The third-order valence-electron chi connectivity index (χ3n) is 3.71. The van der Waals surface area contributed by atoms with Crippen molar-refractivity contribution in [1.82, 2.24) is 0 Å². The average Bonchev–Trinajstić information content (AvgIpc) is 2.61. The fraction of sp³-hybridized carbons (Fsp3) is 0.250. The predicted octanol–water partition coefficient (Wildman–Crippen LogP) is 6.55. The first kappa shape index (κ1) is 19.6. The summed E-state index contributed by atoms with van der Waals surface area (Å²) in [5.74, 6) is 1.77. The average molecular weight is 348 g/mol. The minimum absolute atomic E-state index is 0.611. The van der Waals surface area contributed by atoms with Gasteiger partial charge < -0.3 is 9.47 Å². The first-order valence-electron chi connectivity index (χ1n) is 8.93. The van der Waals surface area contributed by atoms with E-state index in [9.17, 15) is 0 Å². The van der Waals surface area contributed by atoms with Crippen LogP contribution in [0.5, 0.6) is 11.5 Å². The van der Waals surface area contributed by atoms with E-state index in [1.165, 1.54) is 11.1 Å². The van der Waals surface area contributed by atoms with Gasteiger partial charge >= 0.3 is 0 Å². The molecule has 0 saturated carbocycles. The first-order chi connectivity index (χ1) is 12.5. The fourth-order valence-corrected chi connectivity index (χ4v) is 2.15. The van der Waals surface area contributed by atoms with Gasteiger partial charge in [0.1, 0.15) is 24.7 Å². The second-order valence-corrected chi connectivity index (χ2v) is 6.66. The molecule has 0 fully saturated rings. The molecule has 26 heavy (non-hydrogen) atoms. The van der Waals surface area contributed by atoms with Crippen molar-refractivity contribution in [3.63, 3.8) is 0 Å². The van der Waals surface area contributed by atoms with Crippen molar-refractivity contribution < 1.29 is 9.47 Å². The summed E-state index contributed by atoms with van der Waals surface area (Å²) in [5.41, 5.74) is 4.81. The van der Waals surface area contributed by atoms with Gasteiger partial charge in [-0.15, -0.1) is 0 Å². The number of ether oxygens (including phenoxy) is 2. The molecular formula is C24H28O2. The van der Waals surface area contributed by atoms with Crippen LogP contribution < -0.4 is 9.47 Å². The lowest BCUT2D eigenvalue weighted by Gasteiger charge is -2.04. The van der Waals surface area contributed by atoms with E-state index in [1.54, 1.807) is 0 Å². The van der Waals surface area contributed by atoms with E-state index in [0.717, 1.165) is 22.6 Å². The Morgan fingerprint density at radius 3 is 1.27 bits per heavy atom. The van der Waals surface area contributed by atoms with Crippen LogP contribution in [0, 0.1) is 0 Å². The van der Waals surface area contributed by atoms with Gasteiger partial charge in [-0.1, -0.05) is 47.6 Å². The van der Waals surface area contributed by atoms with Crippen LogP contribution >= 0.6 is 0 Å². The SMILES string of the molecule is CC(C)=CCOc1ccc(/C=C/c2ccc(OCC=C(C)C)cc2)cc1. The molecule has 0 unspecified atom stereocenters.